The van der Waals surface area contributed by atoms with Crippen molar-refractivity contribution in [2.75, 3.05) is 28.4 Å². The van der Waals surface area contributed by atoms with E-state index in [1.165, 1.54) is 0 Å². The molecule has 2 aromatic heterocycles. The highest BCUT2D eigenvalue weighted by Crippen LogP contribution is 2.31. The number of hydrogen-bond donors (Lipinski definition) is 0. The quantitative estimate of drug-likeness (QED) is 0.118. The van der Waals surface area contributed by atoms with Gasteiger partial charge in [0.1, 0.15) is 30.4 Å². The van der Waals surface area contributed by atoms with E-state index in [0.29, 0.717) is 0 Å². The van der Waals surface area contributed by atoms with Gasteiger partial charge in [-0.2, -0.15) is 0 Å². The lowest BCUT2D eigenvalue weighted by Crippen LogP contribution is -2.39. The molecule has 0 aliphatic carbocycles. The molecule has 0 amide bonds. The summed E-state index contributed by atoms with van der Waals surface area (Å²) in [5.74, 6) is 6.65. The van der Waals surface area contributed by atoms with Crippen LogP contribution in [0.3, 0.4) is 0 Å². The number of hydrogen-bond acceptors (Lipinski definition) is 6. The highest BCUT2D eigenvalue weighted by Gasteiger charge is 2.20. The standard InChI is InChI=1S/2C20H19O3.BFO2/c2*1-14-12-19(15-4-8-17(21-2)9-5-15)23-20(13-14)16-6-10-18(22-3)11-7-16;2-1(3)4/h2*4-13H,1-3H3;/q2*+1;-2. The van der Waals surface area contributed by atoms with Gasteiger partial charge in [-0.1, -0.05) is 0 Å². The monoisotopic (exact) mass is 676 g/mol. The van der Waals surface area contributed by atoms with Crippen molar-refractivity contribution < 1.29 is 42.1 Å². The number of aryl methyl sites for hydroxylation is 2. The molecule has 50 heavy (non-hydrogen) atoms. The average molecular weight is 677 g/mol. The number of halogens is 1. The van der Waals surface area contributed by atoms with Crippen LogP contribution in [0.4, 0.5) is 4.32 Å². The second-order valence-corrected chi connectivity index (χ2v) is 10.9. The van der Waals surface area contributed by atoms with Crippen LogP contribution in [0.15, 0.2) is 130 Å². The topological polar surface area (TPSA) is 106 Å². The average Bonchev–Trinajstić information content (AvgIpc) is 3.14. The lowest BCUT2D eigenvalue weighted by Gasteiger charge is -2.09. The molecule has 6 rings (SSSR count). The van der Waals surface area contributed by atoms with E-state index in [9.17, 15) is 4.32 Å². The summed E-state index contributed by atoms with van der Waals surface area (Å²) in [6.45, 7) is 4.13. The predicted octanol–water partition coefficient (Wildman–Crippen LogP) is 8.10. The van der Waals surface area contributed by atoms with Gasteiger partial charge >= 0.3 is 23.0 Å². The zero-order valence-electron chi connectivity index (χ0n) is 28.8. The molecule has 0 spiro atoms. The minimum Gasteiger partial charge on any atom is -0.867 e. The van der Waals surface area contributed by atoms with E-state index in [-0.39, 0.29) is 0 Å². The fourth-order valence-corrected chi connectivity index (χ4v) is 4.86. The van der Waals surface area contributed by atoms with Crippen molar-refractivity contribution in [2.45, 2.75) is 13.8 Å². The van der Waals surface area contributed by atoms with Gasteiger partial charge in [0.15, 0.2) is 0 Å². The highest BCUT2D eigenvalue weighted by molar-refractivity contribution is 6.27. The van der Waals surface area contributed by atoms with Crippen LogP contribution < -0.4 is 29.0 Å². The van der Waals surface area contributed by atoms with Crippen LogP contribution in [-0.4, -0.2) is 35.8 Å². The van der Waals surface area contributed by atoms with Crippen molar-refractivity contribution in [1.82, 2.24) is 0 Å². The SMILES string of the molecule is COc1ccc(-c2cc(C)cc(-c3ccc(OC)cc3)[o+]2)cc1.COc1ccc(-c2cc(C)cc(-c3ccc(OC)cc3)[o+]2)cc1.[O-]B([O-])F. The first-order chi connectivity index (χ1) is 24.1. The smallest absolute Gasteiger partial charge is 0.361 e. The fraction of sp³-hybridized carbons (Fsp3) is 0.150. The molecule has 4 aromatic carbocycles. The highest BCUT2D eigenvalue weighted by atomic mass is 19.1. The molecule has 6 aromatic rings. The molecule has 0 fully saturated rings. The van der Waals surface area contributed by atoms with Gasteiger partial charge in [-0.15, -0.1) is 0 Å². The molecular formula is C40H38BFO8. The van der Waals surface area contributed by atoms with Crippen molar-refractivity contribution in [3.63, 3.8) is 0 Å². The minimum atomic E-state index is -3.17. The van der Waals surface area contributed by atoms with Crippen LogP contribution in [0.2, 0.25) is 0 Å². The largest absolute Gasteiger partial charge is 0.867 e. The molecule has 10 heteroatoms. The number of ether oxygens (including phenoxy) is 4. The Morgan fingerprint density at radius 2 is 0.600 bits per heavy atom. The Morgan fingerprint density at radius 1 is 0.420 bits per heavy atom. The Labute approximate surface area is 292 Å². The molecule has 0 atom stereocenters. The molecule has 0 radical (unpaired) electrons. The Morgan fingerprint density at radius 3 is 0.760 bits per heavy atom. The lowest BCUT2D eigenvalue weighted by atomic mass is 10.1. The Balaban J connectivity index is 0.000000203. The minimum absolute atomic E-state index is 0.830. The van der Waals surface area contributed by atoms with E-state index in [1.54, 1.807) is 28.4 Å². The van der Waals surface area contributed by atoms with E-state index >= 15 is 0 Å². The molecule has 0 saturated heterocycles. The second-order valence-electron chi connectivity index (χ2n) is 10.9. The van der Waals surface area contributed by atoms with Crippen LogP contribution in [0.25, 0.3) is 45.3 Å². The Bertz CT molecular complexity index is 1660. The first-order valence-corrected chi connectivity index (χ1v) is 15.6. The number of benzene rings is 4. The van der Waals surface area contributed by atoms with Crippen molar-refractivity contribution in [2.24, 2.45) is 0 Å². The first-order valence-electron chi connectivity index (χ1n) is 15.6. The Hall–Kier alpha value is -5.71. The zero-order chi connectivity index (χ0) is 36.0. The van der Waals surface area contributed by atoms with Crippen LogP contribution in [-0.2, 0) is 0 Å². The summed E-state index contributed by atoms with van der Waals surface area (Å²) in [4.78, 5) is 0. The van der Waals surface area contributed by atoms with Gasteiger partial charge in [0.25, 0.3) is 0 Å². The van der Waals surface area contributed by atoms with Crippen LogP contribution >= 0.6 is 0 Å². The summed E-state index contributed by atoms with van der Waals surface area (Å²) >= 11 is 0. The molecule has 0 N–H and O–H groups in total. The molecule has 0 bridgehead atoms. The van der Waals surface area contributed by atoms with Gasteiger partial charge in [-0.05, 0) is 122 Å². The number of methoxy groups -OCH3 is 4. The van der Waals surface area contributed by atoms with Gasteiger partial charge in [0, 0.05) is 24.3 Å². The molecule has 256 valence electrons. The molecule has 0 aliphatic heterocycles. The third-order valence-corrected chi connectivity index (χ3v) is 7.37. The Kier molecular flexibility index (Phi) is 13.5. The van der Waals surface area contributed by atoms with Crippen molar-refractivity contribution in [3.05, 3.63) is 132 Å². The van der Waals surface area contributed by atoms with Gasteiger partial charge in [-0.25, -0.2) is 8.83 Å². The van der Waals surface area contributed by atoms with Crippen molar-refractivity contribution in [3.8, 4) is 68.3 Å². The molecule has 0 unspecified atom stereocenters. The van der Waals surface area contributed by atoms with Gasteiger partial charge < -0.3 is 33.3 Å². The van der Waals surface area contributed by atoms with E-state index in [0.717, 1.165) is 79.4 Å². The van der Waals surface area contributed by atoms with Crippen LogP contribution in [0, 0.1) is 13.8 Å². The number of rotatable bonds is 8. The molecule has 2 heterocycles. The fourth-order valence-electron chi connectivity index (χ4n) is 4.86. The van der Waals surface area contributed by atoms with Gasteiger partial charge in [-0.3, -0.25) is 0 Å². The predicted molar refractivity (Wildman–Crippen MR) is 191 cm³/mol. The normalized spacial score (nSPS) is 10.1. The second kappa shape index (κ2) is 18.2. The first kappa shape index (κ1) is 37.1. The summed E-state index contributed by atoms with van der Waals surface area (Å²) in [5, 5.41) is 16.6. The van der Waals surface area contributed by atoms with Gasteiger partial charge in [0.05, 0.1) is 50.7 Å². The summed E-state index contributed by atoms with van der Waals surface area (Å²) in [6.07, 6.45) is 0. The van der Waals surface area contributed by atoms with Crippen molar-refractivity contribution >= 4 is 7.40 Å². The zero-order valence-corrected chi connectivity index (χ0v) is 28.8. The lowest BCUT2D eigenvalue weighted by molar-refractivity contribution is -0.366. The summed E-state index contributed by atoms with van der Waals surface area (Å²) in [5.41, 5.74) is 6.36. The third kappa shape index (κ3) is 10.6. The molecular weight excluding hydrogens is 638 g/mol. The molecule has 8 nitrogen and oxygen atoms in total. The summed E-state index contributed by atoms with van der Waals surface area (Å²) in [7, 11) is 3.48. The van der Waals surface area contributed by atoms with Crippen molar-refractivity contribution in [1.29, 1.82) is 0 Å². The maximum atomic E-state index is 9.89. The molecule has 0 saturated carbocycles. The van der Waals surface area contributed by atoms with Gasteiger partial charge in [0.2, 0.25) is 0 Å². The van der Waals surface area contributed by atoms with E-state index in [4.69, 9.17) is 37.8 Å². The van der Waals surface area contributed by atoms with E-state index < -0.39 is 7.40 Å². The maximum Gasteiger partial charge on any atom is 0.361 e. The van der Waals surface area contributed by atoms with E-state index in [2.05, 4.69) is 13.8 Å². The summed E-state index contributed by atoms with van der Waals surface area (Å²) in [6, 6.07) is 39.6. The van der Waals surface area contributed by atoms with Crippen LogP contribution in [0.1, 0.15) is 11.1 Å². The van der Waals surface area contributed by atoms with E-state index in [1.807, 2.05) is 121 Å². The maximum absolute atomic E-state index is 9.89. The third-order valence-electron chi connectivity index (χ3n) is 7.37. The molecule has 0 aliphatic rings. The van der Waals surface area contributed by atoms with Crippen LogP contribution in [0.5, 0.6) is 23.0 Å². The summed E-state index contributed by atoms with van der Waals surface area (Å²) < 4.78 is 42.9.